The Kier molecular flexibility index (Phi) is 2.58. The molecule has 0 saturated carbocycles. The maximum Gasteiger partial charge on any atom is 0.194 e. The normalized spacial score (nSPS) is 19.5. The number of aromatic nitrogens is 1. The van der Waals surface area contributed by atoms with Gasteiger partial charge in [-0.25, -0.2) is 0 Å². The minimum absolute atomic E-state index is 0.00842. The Balaban J connectivity index is 1.95. The van der Waals surface area contributed by atoms with Gasteiger partial charge in [0.05, 0.1) is 13.2 Å². The van der Waals surface area contributed by atoms with Crippen LogP contribution in [0.2, 0.25) is 0 Å². The van der Waals surface area contributed by atoms with Crippen LogP contribution >= 0.6 is 0 Å². The summed E-state index contributed by atoms with van der Waals surface area (Å²) in [5.41, 5.74) is 0.674. The summed E-state index contributed by atoms with van der Waals surface area (Å²) in [5, 5.41) is 18.5. The highest BCUT2D eigenvalue weighted by Crippen LogP contribution is 2.28. The molecule has 1 saturated heterocycles. The second kappa shape index (κ2) is 3.75. The number of H-pyrrole nitrogens is 1. The van der Waals surface area contributed by atoms with Crippen molar-refractivity contribution in [3.05, 3.63) is 11.6 Å². The van der Waals surface area contributed by atoms with Gasteiger partial charge in [0, 0.05) is 18.1 Å². The Morgan fingerprint density at radius 1 is 1.40 bits per heavy atom. The largest absolute Gasteiger partial charge is 0.495 e. The number of aromatic amines is 1. The zero-order chi connectivity index (χ0) is 10.9. The van der Waals surface area contributed by atoms with Crippen LogP contribution in [-0.4, -0.2) is 34.2 Å². The lowest BCUT2D eigenvalue weighted by molar-refractivity contribution is -0.146. The first kappa shape index (κ1) is 10.3. The summed E-state index contributed by atoms with van der Waals surface area (Å²) in [7, 11) is 0. The first-order chi connectivity index (χ1) is 7.09. The second-order valence-corrected chi connectivity index (χ2v) is 3.86. The van der Waals surface area contributed by atoms with Crippen LogP contribution in [0.15, 0.2) is 6.07 Å². The standard InChI is InChI=1S/C10H15NO4/c1-10(14-4-5-15-10)3-2-7-6-8(12)11-9(7)13/h6,11-13H,2-5H2,1H3. The van der Waals surface area contributed by atoms with E-state index in [1.165, 1.54) is 6.07 Å². The minimum Gasteiger partial charge on any atom is -0.495 e. The summed E-state index contributed by atoms with van der Waals surface area (Å²) in [6.07, 6.45) is 1.25. The van der Waals surface area contributed by atoms with E-state index in [2.05, 4.69) is 4.98 Å². The predicted octanol–water partition coefficient (Wildman–Crippen LogP) is 1.12. The van der Waals surface area contributed by atoms with Gasteiger partial charge in [0.1, 0.15) is 0 Å². The van der Waals surface area contributed by atoms with Crippen molar-refractivity contribution in [1.29, 1.82) is 0 Å². The fraction of sp³-hybridized carbons (Fsp3) is 0.600. The summed E-state index contributed by atoms with van der Waals surface area (Å²) >= 11 is 0. The first-order valence-corrected chi connectivity index (χ1v) is 4.97. The molecule has 3 N–H and O–H groups in total. The smallest absolute Gasteiger partial charge is 0.194 e. The molecule has 1 aliphatic heterocycles. The van der Waals surface area contributed by atoms with E-state index in [4.69, 9.17) is 14.6 Å². The molecule has 0 aliphatic carbocycles. The summed E-state index contributed by atoms with van der Waals surface area (Å²) in [4.78, 5) is 2.42. The summed E-state index contributed by atoms with van der Waals surface area (Å²) in [6, 6.07) is 1.51. The maximum atomic E-state index is 9.39. The molecule has 0 radical (unpaired) electrons. The average molecular weight is 213 g/mol. The molecule has 1 aromatic rings. The molecule has 1 fully saturated rings. The molecule has 1 aromatic heterocycles. The number of ether oxygens (including phenoxy) is 2. The zero-order valence-corrected chi connectivity index (χ0v) is 8.62. The number of hydrogen-bond donors (Lipinski definition) is 3. The Morgan fingerprint density at radius 2 is 2.07 bits per heavy atom. The number of rotatable bonds is 3. The number of aromatic hydroxyl groups is 2. The molecule has 0 aromatic carbocycles. The van der Waals surface area contributed by atoms with E-state index in [0.717, 1.165) is 0 Å². The number of hydrogen-bond acceptors (Lipinski definition) is 4. The Labute approximate surface area is 87.6 Å². The summed E-state index contributed by atoms with van der Waals surface area (Å²) in [5.74, 6) is -0.575. The monoisotopic (exact) mass is 213 g/mol. The van der Waals surface area contributed by atoms with Crippen molar-refractivity contribution in [1.82, 2.24) is 4.98 Å². The van der Waals surface area contributed by atoms with Crippen LogP contribution in [0.5, 0.6) is 11.8 Å². The SMILES string of the molecule is CC1(CCc2cc(O)[nH]c2O)OCCO1. The third-order valence-electron chi connectivity index (χ3n) is 2.61. The quantitative estimate of drug-likeness (QED) is 0.703. The molecule has 0 atom stereocenters. The molecule has 0 spiro atoms. The van der Waals surface area contributed by atoms with Crippen LogP contribution in [0.4, 0.5) is 0 Å². The fourth-order valence-electron chi connectivity index (χ4n) is 1.72. The lowest BCUT2D eigenvalue weighted by Crippen LogP contribution is -2.25. The number of aryl methyl sites for hydroxylation is 1. The Hall–Kier alpha value is -1.20. The van der Waals surface area contributed by atoms with E-state index < -0.39 is 5.79 Å². The van der Waals surface area contributed by atoms with Crippen molar-refractivity contribution in [2.75, 3.05) is 13.2 Å². The van der Waals surface area contributed by atoms with Crippen LogP contribution in [-0.2, 0) is 15.9 Å². The van der Waals surface area contributed by atoms with Gasteiger partial charge in [-0.2, -0.15) is 0 Å². The van der Waals surface area contributed by atoms with E-state index in [1.807, 2.05) is 6.92 Å². The molecule has 0 unspecified atom stereocenters. The van der Waals surface area contributed by atoms with Crippen LogP contribution in [0, 0.1) is 0 Å². The van der Waals surface area contributed by atoms with E-state index in [0.29, 0.717) is 31.6 Å². The van der Waals surface area contributed by atoms with E-state index in [9.17, 15) is 5.11 Å². The first-order valence-electron chi connectivity index (χ1n) is 4.97. The van der Waals surface area contributed by atoms with Gasteiger partial charge in [0.2, 0.25) is 0 Å². The van der Waals surface area contributed by atoms with Gasteiger partial charge in [-0.05, 0) is 13.3 Å². The highest BCUT2D eigenvalue weighted by Gasteiger charge is 2.30. The minimum atomic E-state index is -0.556. The van der Waals surface area contributed by atoms with Crippen LogP contribution < -0.4 is 0 Å². The van der Waals surface area contributed by atoms with Crippen LogP contribution in [0.3, 0.4) is 0 Å². The topological polar surface area (TPSA) is 74.7 Å². The molecule has 1 aliphatic rings. The zero-order valence-electron chi connectivity index (χ0n) is 8.62. The van der Waals surface area contributed by atoms with Gasteiger partial charge in [0.25, 0.3) is 0 Å². The second-order valence-electron chi connectivity index (χ2n) is 3.86. The molecule has 15 heavy (non-hydrogen) atoms. The summed E-state index contributed by atoms with van der Waals surface area (Å²) in [6.45, 7) is 3.10. The van der Waals surface area contributed by atoms with Gasteiger partial charge in [-0.1, -0.05) is 0 Å². The van der Waals surface area contributed by atoms with E-state index in [1.54, 1.807) is 0 Å². The van der Waals surface area contributed by atoms with Crippen LogP contribution in [0.1, 0.15) is 18.9 Å². The van der Waals surface area contributed by atoms with Crippen LogP contribution in [0.25, 0.3) is 0 Å². The van der Waals surface area contributed by atoms with Gasteiger partial charge in [-0.15, -0.1) is 0 Å². The van der Waals surface area contributed by atoms with Crippen molar-refractivity contribution in [2.45, 2.75) is 25.6 Å². The molecule has 0 bridgehead atoms. The Morgan fingerprint density at radius 3 is 2.60 bits per heavy atom. The third-order valence-corrected chi connectivity index (χ3v) is 2.61. The molecule has 2 rings (SSSR count). The van der Waals surface area contributed by atoms with Crippen molar-refractivity contribution in [3.8, 4) is 11.8 Å². The van der Waals surface area contributed by atoms with Gasteiger partial charge >= 0.3 is 0 Å². The number of nitrogens with one attached hydrogen (secondary N) is 1. The lowest BCUT2D eigenvalue weighted by atomic mass is 10.1. The van der Waals surface area contributed by atoms with Gasteiger partial charge in [-0.3, -0.25) is 4.98 Å². The molecular formula is C10H15NO4. The summed E-state index contributed by atoms with van der Waals surface area (Å²) < 4.78 is 10.9. The van der Waals surface area contributed by atoms with Crippen molar-refractivity contribution in [2.24, 2.45) is 0 Å². The maximum absolute atomic E-state index is 9.39. The van der Waals surface area contributed by atoms with E-state index in [-0.39, 0.29) is 11.8 Å². The average Bonchev–Trinajstić information content (AvgIpc) is 2.71. The Bertz CT molecular complexity index is 341. The molecule has 5 nitrogen and oxygen atoms in total. The van der Waals surface area contributed by atoms with Gasteiger partial charge < -0.3 is 19.7 Å². The molecule has 84 valence electrons. The molecule has 2 heterocycles. The molecule has 5 heteroatoms. The van der Waals surface area contributed by atoms with Crippen molar-refractivity contribution in [3.63, 3.8) is 0 Å². The highest BCUT2D eigenvalue weighted by atomic mass is 16.7. The fourth-order valence-corrected chi connectivity index (χ4v) is 1.72. The highest BCUT2D eigenvalue weighted by molar-refractivity contribution is 5.32. The predicted molar refractivity (Wildman–Crippen MR) is 52.8 cm³/mol. The third kappa shape index (κ3) is 2.24. The molecule has 0 amide bonds. The van der Waals surface area contributed by atoms with Gasteiger partial charge in [0.15, 0.2) is 17.5 Å². The van der Waals surface area contributed by atoms with Crippen molar-refractivity contribution >= 4 is 0 Å². The molecular weight excluding hydrogens is 198 g/mol. The lowest BCUT2D eigenvalue weighted by Gasteiger charge is -2.21. The van der Waals surface area contributed by atoms with E-state index >= 15 is 0 Å². The van der Waals surface area contributed by atoms with Crippen molar-refractivity contribution < 1.29 is 19.7 Å².